The molecule has 1 aliphatic rings. The van der Waals surface area contributed by atoms with Crippen molar-refractivity contribution >= 4 is 33.4 Å². The van der Waals surface area contributed by atoms with E-state index in [-0.39, 0.29) is 11.8 Å². The van der Waals surface area contributed by atoms with Gasteiger partial charge in [-0.25, -0.2) is 9.97 Å². The molecule has 4 rings (SSSR count). The number of amides is 2. The van der Waals surface area contributed by atoms with E-state index in [1.165, 1.54) is 0 Å². The summed E-state index contributed by atoms with van der Waals surface area (Å²) in [7, 11) is 0. The third-order valence-electron chi connectivity index (χ3n) is 4.88. The van der Waals surface area contributed by atoms with Crippen molar-refractivity contribution in [2.24, 2.45) is 11.7 Å². The highest BCUT2D eigenvalue weighted by Crippen LogP contribution is 2.31. The van der Waals surface area contributed by atoms with E-state index in [2.05, 4.69) is 20.2 Å². The highest BCUT2D eigenvalue weighted by molar-refractivity contribution is 7.18. The Labute approximate surface area is 159 Å². The van der Waals surface area contributed by atoms with Gasteiger partial charge in [-0.2, -0.15) is 5.10 Å². The normalized spacial score (nSPS) is 19.7. The Morgan fingerprint density at radius 1 is 1.30 bits per heavy atom. The largest absolute Gasteiger partial charge is 0.369 e. The van der Waals surface area contributed by atoms with Gasteiger partial charge >= 0.3 is 0 Å². The maximum atomic E-state index is 12.7. The van der Waals surface area contributed by atoms with Crippen molar-refractivity contribution < 1.29 is 9.59 Å². The first kappa shape index (κ1) is 17.6. The van der Waals surface area contributed by atoms with Gasteiger partial charge in [0, 0.05) is 25.9 Å². The molecule has 0 aliphatic carbocycles. The summed E-state index contributed by atoms with van der Waals surface area (Å²) in [6, 6.07) is 7.93. The molecule has 8 nitrogen and oxygen atoms in total. The molecule has 2 atom stereocenters. The summed E-state index contributed by atoms with van der Waals surface area (Å²) in [6.45, 7) is 2.52. The lowest BCUT2D eigenvalue weighted by Gasteiger charge is -2.15. The highest BCUT2D eigenvalue weighted by Gasteiger charge is 2.41. The summed E-state index contributed by atoms with van der Waals surface area (Å²) in [5.41, 5.74) is 6.51. The molecule has 0 spiro atoms. The molecular formula is C18H20N6O2S. The van der Waals surface area contributed by atoms with Gasteiger partial charge in [0.1, 0.15) is 5.82 Å². The van der Waals surface area contributed by atoms with Crippen LogP contribution in [0.25, 0.3) is 10.2 Å². The first-order chi connectivity index (χ1) is 13.0. The van der Waals surface area contributed by atoms with E-state index in [9.17, 15) is 9.59 Å². The number of nitrogens with one attached hydrogen (secondary N) is 1. The first-order valence-electron chi connectivity index (χ1n) is 8.81. The summed E-state index contributed by atoms with van der Waals surface area (Å²) in [5.74, 6) is 0.0521. The molecule has 1 aromatic carbocycles. The fourth-order valence-corrected chi connectivity index (χ4v) is 4.45. The number of nitrogens with zero attached hydrogens (tertiary/aromatic N) is 4. The number of likely N-dealkylation sites (tertiary alicyclic amines) is 1. The smallest absolute Gasteiger partial charge is 0.223 e. The molecule has 2 amide bonds. The number of aromatic amines is 1. The number of thiazole rings is 1. The lowest BCUT2D eigenvalue weighted by atomic mass is 9.95. The minimum absolute atomic E-state index is 0.00439. The predicted molar refractivity (Wildman–Crippen MR) is 101 cm³/mol. The zero-order valence-corrected chi connectivity index (χ0v) is 15.7. The SMILES string of the molecule is Cc1nc(C2CN(C(=O)CCc3nc4ccccc4s3)CC2C(N)=O)n[nH]1. The number of rotatable bonds is 5. The van der Waals surface area contributed by atoms with E-state index in [1.54, 1.807) is 23.2 Å². The second-order valence-electron chi connectivity index (χ2n) is 6.77. The third-order valence-corrected chi connectivity index (χ3v) is 5.97. The van der Waals surface area contributed by atoms with Crippen molar-refractivity contribution in [1.29, 1.82) is 0 Å². The maximum Gasteiger partial charge on any atom is 0.223 e. The number of benzene rings is 1. The molecule has 1 saturated heterocycles. The Bertz CT molecular complexity index is 964. The number of hydrogen-bond donors (Lipinski definition) is 2. The van der Waals surface area contributed by atoms with Crippen LogP contribution < -0.4 is 5.73 Å². The Balaban J connectivity index is 1.43. The number of hydrogen-bond acceptors (Lipinski definition) is 6. The van der Waals surface area contributed by atoms with Crippen LogP contribution in [0.15, 0.2) is 24.3 Å². The summed E-state index contributed by atoms with van der Waals surface area (Å²) >= 11 is 1.61. The molecule has 0 saturated carbocycles. The first-order valence-corrected chi connectivity index (χ1v) is 9.63. The second-order valence-corrected chi connectivity index (χ2v) is 7.88. The fraction of sp³-hybridized carbons (Fsp3) is 0.389. The second kappa shape index (κ2) is 7.07. The van der Waals surface area contributed by atoms with Gasteiger partial charge in [0.25, 0.3) is 0 Å². The van der Waals surface area contributed by atoms with Gasteiger partial charge in [0.2, 0.25) is 11.8 Å². The maximum absolute atomic E-state index is 12.7. The number of aryl methyl sites for hydroxylation is 2. The van der Waals surface area contributed by atoms with Gasteiger partial charge in [0.05, 0.1) is 27.1 Å². The van der Waals surface area contributed by atoms with Crippen LogP contribution in [-0.4, -0.2) is 50.0 Å². The molecule has 3 N–H and O–H groups in total. The minimum atomic E-state index is -0.466. The predicted octanol–water partition coefficient (Wildman–Crippen LogP) is 1.38. The number of primary amides is 1. The topological polar surface area (TPSA) is 118 Å². The average Bonchev–Trinajstić information content (AvgIpc) is 3.36. The van der Waals surface area contributed by atoms with Crippen LogP contribution in [0, 0.1) is 12.8 Å². The minimum Gasteiger partial charge on any atom is -0.369 e. The molecule has 0 radical (unpaired) electrons. The summed E-state index contributed by atoms with van der Waals surface area (Å²) in [5, 5.41) is 7.88. The number of H-pyrrole nitrogens is 1. The van der Waals surface area contributed by atoms with E-state index >= 15 is 0 Å². The van der Waals surface area contributed by atoms with Gasteiger partial charge < -0.3 is 10.6 Å². The van der Waals surface area contributed by atoms with Crippen LogP contribution in [0.1, 0.15) is 29.0 Å². The molecule has 3 aromatic rings. The van der Waals surface area contributed by atoms with Crippen molar-refractivity contribution in [2.75, 3.05) is 13.1 Å². The van der Waals surface area contributed by atoms with Gasteiger partial charge in [-0.05, 0) is 19.1 Å². The van der Waals surface area contributed by atoms with Crippen molar-refractivity contribution in [1.82, 2.24) is 25.1 Å². The zero-order chi connectivity index (χ0) is 19.0. The lowest BCUT2D eigenvalue weighted by molar-refractivity contribution is -0.130. The zero-order valence-electron chi connectivity index (χ0n) is 14.9. The highest BCUT2D eigenvalue weighted by atomic mass is 32.1. The summed E-state index contributed by atoms with van der Waals surface area (Å²) in [6.07, 6.45) is 0.936. The van der Waals surface area contributed by atoms with Gasteiger partial charge in [-0.3, -0.25) is 14.7 Å². The molecule has 3 heterocycles. The molecule has 0 bridgehead atoms. The van der Waals surface area contributed by atoms with E-state index in [0.29, 0.717) is 37.6 Å². The number of para-hydroxylation sites is 1. The molecule has 27 heavy (non-hydrogen) atoms. The standard InChI is InChI=1S/C18H20N6O2S/c1-10-20-18(23-22-10)12-9-24(8-11(12)17(19)26)16(25)7-6-15-21-13-4-2-3-5-14(13)27-15/h2-5,11-12H,6-9H2,1H3,(H2,19,26)(H,20,22,23). The van der Waals surface area contributed by atoms with Crippen LogP contribution in [0.5, 0.6) is 0 Å². The Morgan fingerprint density at radius 3 is 2.81 bits per heavy atom. The summed E-state index contributed by atoms with van der Waals surface area (Å²) < 4.78 is 1.12. The van der Waals surface area contributed by atoms with E-state index < -0.39 is 11.8 Å². The Morgan fingerprint density at radius 2 is 2.11 bits per heavy atom. The molecule has 140 valence electrons. The van der Waals surface area contributed by atoms with Crippen LogP contribution in [0.4, 0.5) is 0 Å². The number of nitrogens with two attached hydrogens (primary N) is 1. The van der Waals surface area contributed by atoms with Gasteiger partial charge in [-0.1, -0.05) is 12.1 Å². The molecule has 9 heteroatoms. The number of fused-ring (bicyclic) bond motifs is 1. The van der Waals surface area contributed by atoms with Crippen molar-refractivity contribution in [3.05, 3.63) is 40.9 Å². The quantitative estimate of drug-likeness (QED) is 0.689. The van der Waals surface area contributed by atoms with Crippen molar-refractivity contribution in [3.63, 3.8) is 0 Å². The molecule has 1 aliphatic heterocycles. The average molecular weight is 384 g/mol. The number of carbonyl (C=O) groups excluding carboxylic acids is 2. The van der Waals surface area contributed by atoms with Gasteiger partial charge in [0.15, 0.2) is 5.82 Å². The van der Waals surface area contributed by atoms with E-state index in [0.717, 1.165) is 15.2 Å². The molecule has 1 fully saturated rings. The van der Waals surface area contributed by atoms with Crippen molar-refractivity contribution in [3.8, 4) is 0 Å². The fourth-order valence-electron chi connectivity index (χ4n) is 3.48. The molecular weight excluding hydrogens is 364 g/mol. The van der Waals surface area contributed by atoms with Crippen LogP contribution in [0.3, 0.4) is 0 Å². The molecule has 2 aromatic heterocycles. The van der Waals surface area contributed by atoms with Crippen LogP contribution in [-0.2, 0) is 16.0 Å². The van der Waals surface area contributed by atoms with E-state index in [1.807, 2.05) is 24.3 Å². The Hall–Kier alpha value is -2.81. The van der Waals surface area contributed by atoms with Gasteiger partial charge in [-0.15, -0.1) is 11.3 Å². The Kier molecular flexibility index (Phi) is 4.61. The van der Waals surface area contributed by atoms with E-state index in [4.69, 9.17) is 5.73 Å². The summed E-state index contributed by atoms with van der Waals surface area (Å²) in [4.78, 5) is 35.1. The lowest BCUT2D eigenvalue weighted by Crippen LogP contribution is -2.32. The van der Waals surface area contributed by atoms with Crippen molar-refractivity contribution in [2.45, 2.75) is 25.7 Å². The number of carbonyl (C=O) groups is 2. The monoisotopic (exact) mass is 384 g/mol. The third kappa shape index (κ3) is 3.55. The van der Waals surface area contributed by atoms with Crippen LogP contribution in [0.2, 0.25) is 0 Å². The number of aromatic nitrogens is 4. The molecule has 2 unspecified atom stereocenters. The van der Waals surface area contributed by atoms with Crippen LogP contribution >= 0.6 is 11.3 Å².